The summed E-state index contributed by atoms with van der Waals surface area (Å²) in [6.45, 7) is 10.00. The Labute approximate surface area is 63.7 Å². The average Bonchev–Trinajstić information content (AvgIpc) is 1.90. The molecule has 0 amide bonds. The van der Waals surface area contributed by atoms with Gasteiger partial charge in [0.05, 0.1) is 0 Å². The molecule has 0 rings (SSSR count). The van der Waals surface area contributed by atoms with Crippen molar-refractivity contribution in [1.82, 2.24) is 4.57 Å². The molecule has 0 saturated carbocycles. The van der Waals surface area contributed by atoms with Crippen LogP contribution >= 0.6 is 11.1 Å². The number of halogens is 1. The molecule has 1 unspecified atom stereocenters. The van der Waals surface area contributed by atoms with E-state index in [1.807, 2.05) is 5.70 Å². The molecule has 54 valence electrons. The normalized spacial score (nSPS) is 13.8. The first kappa shape index (κ1) is 9.21. The molecular formula is C6H14ClNSi. The fourth-order valence-electron chi connectivity index (χ4n) is 0.722. The van der Waals surface area contributed by atoms with Crippen LogP contribution in [-0.2, 0) is 0 Å². The lowest BCUT2D eigenvalue weighted by molar-refractivity contribution is 0.494. The van der Waals surface area contributed by atoms with Crippen LogP contribution in [-0.4, -0.2) is 25.9 Å². The summed E-state index contributed by atoms with van der Waals surface area (Å²) in [4.78, 5) is 0. The molecule has 0 aromatic rings. The van der Waals surface area contributed by atoms with Crippen LogP contribution in [0.15, 0.2) is 12.3 Å². The van der Waals surface area contributed by atoms with Gasteiger partial charge in [0.1, 0.15) is 0 Å². The third kappa shape index (κ3) is 3.03. The number of hydrogen-bond donors (Lipinski definition) is 0. The lowest BCUT2D eigenvalue weighted by atomic mass is 10.7. The van der Waals surface area contributed by atoms with E-state index in [1.54, 1.807) is 0 Å². The topological polar surface area (TPSA) is 3.24 Å². The molecule has 0 aliphatic carbocycles. The van der Waals surface area contributed by atoms with E-state index < -0.39 is 8.27 Å². The van der Waals surface area contributed by atoms with Gasteiger partial charge < -0.3 is 4.57 Å². The molecule has 0 bridgehead atoms. The van der Waals surface area contributed by atoms with E-state index >= 15 is 0 Å². The van der Waals surface area contributed by atoms with Gasteiger partial charge in [-0.2, -0.15) is 0 Å². The van der Waals surface area contributed by atoms with Crippen LogP contribution in [0, 0.1) is 0 Å². The van der Waals surface area contributed by atoms with Crippen LogP contribution in [0.3, 0.4) is 0 Å². The molecule has 1 nitrogen and oxygen atoms in total. The maximum absolute atomic E-state index is 5.98. The first-order chi connectivity index (χ1) is 4.26. The van der Waals surface area contributed by atoms with Crippen molar-refractivity contribution in [3.05, 3.63) is 12.3 Å². The summed E-state index contributed by atoms with van der Waals surface area (Å²) in [6.07, 6.45) is 0. The van der Waals surface area contributed by atoms with Crippen molar-refractivity contribution in [2.24, 2.45) is 0 Å². The van der Waals surface area contributed by atoms with Gasteiger partial charge in [-0.1, -0.05) is 19.5 Å². The van der Waals surface area contributed by atoms with E-state index in [0.29, 0.717) is 0 Å². The molecule has 9 heavy (non-hydrogen) atoms. The Hall–Kier alpha value is 0.207. The van der Waals surface area contributed by atoms with Crippen LogP contribution in [0.25, 0.3) is 0 Å². The number of rotatable bonds is 4. The minimum Gasteiger partial charge on any atom is -0.312 e. The van der Waals surface area contributed by atoms with Crippen LogP contribution in [0.5, 0.6) is 0 Å². The molecule has 3 heteroatoms. The maximum Gasteiger partial charge on any atom is 0.237 e. The molecule has 0 aliphatic heterocycles. The smallest absolute Gasteiger partial charge is 0.237 e. The van der Waals surface area contributed by atoms with Gasteiger partial charge in [0.15, 0.2) is 0 Å². The molecular weight excluding hydrogens is 150 g/mol. The Morgan fingerprint density at radius 3 is 2.11 bits per heavy atom. The third-order valence-electron chi connectivity index (χ3n) is 1.36. The summed E-state index contributed by atoms with van der Waals surface area (Å²) >= 11 is 5.98. The van der Waals surface area contributed by atoms with Gasteiger partial charge in [-0.25, -0.2) is 0 Å². The van der Waals surface area contributed by atoms with Gasteiger partial charge in [-0.15, -0.1) is 17.7 Å². The fraction of sp³-hybridized carbons (Fsp3) is 0.667. The van der Waals surface area contributed by atoms with E-state index in [-0.39, 0.29) is 0 Å². The second-order valence-corrected chi connectivity index (χ2v) is 5.12. The van der Waals surface area contributed by atoms with Gasteiger partial charge in [0.2, 0.25) is 8.27 Å². The van der Waals surface area contributed by atoms with E-state index in [1.165, 1.54) is 0 Å². The second kappa shape index (κ2) is 5.03. The number of hydrogen-bond acceptors (Lipinski definition) is 1. The average molecular weight is 164 g/mol. The van der Waals surface area contributed by atoms with Crippen molar-refractivity contribution >= 4 is 19.3 Å². The highest BCUT2D eigenvalue weighted by atomic mass is 35.6. The SMILES string of the molecule is C=C[SiH](Cl)N(CC)CC. The van der Waals surface area contributed by atoms with Gasteiger partial charge in [0.25, 0.3) is 0 Å². The Morgan fingerprint density at radius 1 is 1.56 bits per heavy atom. The molecule has 1 atom stereocenters. The molecule has 0 N–H and O–H groups in total. The Kier molecular flexibility index (Phi) is 5.14. The monoisotopic (exact) mass is 163 g/mol. The van der Waals surface area contributed by atoms with Gasteiger partial charge >= 0.3 is 0 Å². The molecule has 0 aromatic heterocycles. The zero-order valence-corrected chi connectivity index (χ0v) is 8.01. The van der Waals surface area contributed by atoms with Gasteiger partial charge in [-0.05, 0) is 13.1 Å². The standard InChI is InChI=1S/C6H14ClNSi/c1-4-8(5-2)9(7)6-3/h6,9H,3-5H2,1-2H3. The molecule has 0 aliphatic rings. The maximum atomic E-state index is 5.98. The van der Waals surface area contributed by atoms with Crippen molar-refractivity contribution in [3.63, 3.8) is 0 Å². The highest BCUT2D eigenvalue weighted by Gasteiger charge is 2.08. The predicted octanol–water partition coefficient (Wildman–Crippen LogP) is 1.51. The summed E-state index contributed by atoms with van der Waals surface area (Å²) in [7, 11) is -1.23. The lowest BCUT2D eigenvalue weighted by Gasteiger charge is -2.19. The zero-order valence-electron chi connectivity index (χ0n) is 6.10. The Bertz CT molecular complexity index is 83.1. The molecule has 0 saturated heterocycles. The molecule has 0 fully saturated rings. The first-order valence-electron chi connectivity index (χ1n) is 3.26. The summed E-state index contributed by atoms with van der Waals surface area (Å²) in [6, 6.07) is 0. The van der Waals surface area contributed by atoms with E-state index in [9.17, 15) is 0 Å². The van der Waals surface area contributed by atoms with Crippen molar-refractivity contribution in [2.75, 3.05) is 13.1 Å². The van der Waals surface area contributed by atoms with Crippen molar-refractivity contribution < 1.29 is 0 Å². The Balaban J connectivity index is 3.63. The summed E-state index contributed by atoms with van der Waals surface area (Å²) in [5.74, 6) is 0. The molecule has 0 aromatic carbocycles. The minimum absolute atomic E-state index is 1.04. The molecule has 0 radical (unpaired) electrons. The third-order valence-corrected chi connectivity index (χ3v) is 4.54. The van der Waals surface area contributed by atoms with Crippen LogP contribution < -0.4 is 0 Å². The van der Waals surface area contributed by atoms with E-state index in [0.717, 1.165) is 13.1 Å². The molecule has 0 heterocycles. The molecule has 0 spiro atoms. The summed E-state index contributed by atoms with van der Waals surface area (Å²) < 4.78 is 2.26. The fourth-order valence-corrected chi connectivity index (χ4v) is 2.55. The second-order valence-electron chi connectivity index (χ2n) is 1.83. The van der Waals surface area contributed by atoms with Crippen molar-refractivity contribution in [1.29, 1.82) is 0 Å². The van der Waals surface area contributed by atoms with Crippen molar-refractivity contribution in [2.45, 2.75) is 13.8 Å². The van der Waals surface area contributed by atoms with E-state index in [2.05, 4.69) is 25.0 Å². The van der Waals surface area contributed by atoms with Crippen LogP contribution in [0.2, 0.25) is 0 Å². The lowest BCUT2D eigenvalue weighted by Crippen LogP contribution is -2.33. The first-order valence-corrected chi connectivity index (χ1v) is 6.19. The zero-order chi connectivity index (χ0) is 7.28. The largest absolute Gasteiger partial charge is 0.312 e. The quantitative estimate of drug-likeness (QED) is 0.449. The van der Waals surface area contributed by atoms with Gasteiger partial charge in [0, 0.05) is 0 Å². The highest BCUT2D eigenvalue weighted by molar-refractivity contribution is 7.08. The van der Waals surface area contributed by atoms with Crippen molar-refractivity contribution in [3.8, 4) is 0 Å². The van der Waals surface area contributed by atoms with Crippen LogP contribution in [0.4, 0.5) is 0 Å². The van der Waals surface area contributed by atoms with E-state index in [4.69, 9.17) is 11.1 Å². The predicted molar refractivity (Wildman–Crippen MR) is 46.1 cm³/mol. The van der Waals surface area contributed by atoms with Gasteiger partial charge in [-0.3, -0.25) is 0 Å². The minimum atomic E-state index is -1.23. The number of nitrogens with zero attached hydrogens (tertiary/aromatic N) is 1. The summed E-state index contributed by atoms with van der Waals surface area (Å²) in [5.41, 5.74) is 1.88. The van der Waals surface area contributed by atoms with Crippen LogP contribution in [0.1, 0.15) is 13.8 Å². The Morgan fingerprint density at radius 2 is 2.00 bits per heavy atom. The summed E-state index contributed by atoms with van der Waals surface area (Å²) in [5, 5.41) is 0. The highest BCUT2D eigenvalue weighted by Crippen LogP contribution is 1.98.